The minimum Gasteiger partial charge on any atom is -0.404 e. The highest BCUT2D eigenvalue weighted by atomic mass is 19.4. The molecule has 110 valence electrons. The number of hydrogen-bond acceptors (Lipinski definition) is 4. The van der Waals surface area contributed by atoms with Gasteiger partial charge in [-0.2, -0.15) is 0 Å². The second-order valence-electron chi connectivity index (χ2n) is 4.34. The first-order valence-corrected chi connectivity index (χ1v) is 5.58. The fraction of sp³-hybridized carbons (Fsp3) is 0.182. The van der Waals surface area contributed by atoms with Gasteiger partial charge in [-0.05, 0) is 6.07 Å². The number of benzene rings is 1. The Kier molecular flexibility index (Phi) is 2.43. The van der Waals surface area contributed by atoms with E-state index in [1.807, 2.05) is 5.32 Å². The van der Waals surface area contributed by atoms with E-state index in [4.69, 9.17) is 0 Å². The van der Waals surface area contributed by atoms with Gasteiger partial charge in [0.15, 0.2) is 5.75 Å². The second-order valence-corrected chi connectivity index (χ2v) is 4.34. The molecule has 10 heteroatoms. The fourth-order valence-electron chi connectivity index (χ4n) is 2.32. The third kappa shape index (κ3) is 1.79. The molecule has 1 spiro atoms. The van der Waals surface area contributed by atoms with Crippen LogP contribution < -0.4 is 20.7 Å². The van der Waals surface area contributed by atoms with Crippen molar-refractivity contribution in [3.63, 3.8) is 0 Å². The lowest BCUT2D eigenvalue weighted by Gasteiger charge is -2.17. The van der Waals surface area contributed by atoms with Gasteiger partial charge in [0.05, 0.1) is 5.69 Å². The number of amides is 4. The smallest absolute Gasteiger partial charge is 0.404 e. The maximum atomic E-state index is 12.3. The average Bonchev–Trinajstić information content (AvgIpc) is 2.79. The summed E-state index contributed by atoms with van der Waals surface area (Å²) in [5.41, 5.74) is -2.49. The lowest BCUT2D eigenvalue weighted by atomic mass is 9.91. The van der Waals surface area contributed by atoms with Crippen LogP contribution in [0, 0.1) is 0 Å². The number of halogens is 3. The number of hydrogen-bond donors (Lipinski definition) is 3. The van der Waals surface area contributed by atoms with E-state index >= 15 is 0 Å². The third-order valence-corrected chi connectivity index (χ3v) is 3.10. The van der Waals surface area contributed by atoms with Crippen molar-refractivity contribution in [1.82, 2.24) is 10.6 Å². The Morgan fingerprint density at radius 2 is 1.71 bits per heavy atom. The summed E-state index contributed by atoms with van der Waals surface area (Å²) in [4.78, 5) is 35.1. The second kappa shape index (κ2) is 3.87. The van der Waals surface area contributed by atoms with E-state index in [0.29, 0.717) is 0 Å². The number of urea groups is 1. The number of para-hydroxylation sites is 1. The van der Waals surface area contributed by atoms with Gasteiger partial charge >= 0.3 is 12.4 Å². The molecule has 2 aliphatic heterocycles. The van der Waals surface area contributed by atoms with Crippen molar-refractivity contribution in [2.24, 2.45) is 0 Å². The molecule has 1 aromatic rings. The summed E-state index contributed by atoms with van der Waals surface area (Å²) in [6.45, 7) is 0. The van der Waals surface area contributed by atoms with Crippen LogP contribution in [-0.2, 0) is 15.1 Å². The van der Waals surface area contributed by atoms with Crippen LogP contribution in [0.5, 0.6) is 5.75 Å². The van der Waals surface area contributed by atoms with Gasteiger partial charge < -0.3 is 15.4 Å². The number of carbonyl (C=O) groups excluding carboxylic acids is 3. The van der Waals surface area contributed by atoms with Crippen LogP contribution in [0.15, 0.2) is 18.2 Å². The number of imide groups is 1. The zero-order chi connectivity index (χ0) is 15.4. The van der Waals surface area contributed by atoms with Crippen molar-refractivity contribution < 1.29 is 32.3 Å². The molecule has 3 N–H and O–H groups in total. The Hall–Kier alpha value is -2.78. The largest absolute Gasteiger partial charge is 0.573 e. The average molecular weight is 301 g/mol. The van der Waals surface area contributed by atoms with Gasteiger partial charge in [-0.1, -0.05) is 12.1 Å². The van der Waals surface area contributed by atoms with Gasteiger partial charge in [-0.15, -0.1) is 13.2 Å². The normalized spacial score (nSPS) is 23.7. The highest BCUT2D eigenvalue weighted by molar-refractivity contribution is 6.27. The monoisotopic (exact) mass is 301 g/mol. The highest BCUT2D eigenvalue weighted by Gasteiger charge is 2.59. The van der Waals surface area contributed by atoms with Crippen molar-refractivity contribution >= 4 is 23.5 Å². The van der Waals surface area contributed by atoms with Gasteiger partial charge in [-0.3, -0.25) is 14.9 Å². The van der Waals surface area contributed by atoms with E-state index < -0.39 is 35.5 Å². The molecule has 2 heterocycles. The standard InChI is InChI=1S/C11H6F3N3O4/c12-11(13,14)21-5-3-1-2-4-6(5)15-7(18)10(4)8(19)16-9(20)17-10/h1-3H,(H,15,18)(H2,16,17,19,20). The molecule has 1 saturated heterocycles. The summed E-state index contributed by atoms with van der Waals surface area (Å²) in [5, 5.41) is 6.14. The van der Waals surface area contributed by atoms with E-state index in [2.05, 4.69) is 15.4 Å². The maximum absolute atomic E-state index is 12.3. The molecule has 1 fully saturated rings. The number of anilines is 1. The van der Waals surface area contributed by atoms with Crippen molar-refractivity contribution in [2.75, 3.05) is 5.32 Å². The van der Waals surface area contributed by atoms with Crippen molar-refractivity contribution in [2.45, 2.75) is 11.9 Å². The molecule has 1 aromatic carbocycles. The van der Waals surface area contributed by atoms with Crippen LogP contribution >= 0.6 is 0 Å². The molecule has 0 radical (unpaired) electrons. The topological polar surface area (TPSA) is 96.5 Å². The quantitative estimate of drug-likeness (QED) is 0.522. The van der Waals surface area contributed by atoms with Gasteiger partial charge in [0.2, 0.25) is 5.54 Å². The van der Waals surface area contributed by atoms with Gasteiger partial charge in [0.1, 0.15) is 0 Å². The molecule has 0 aromatic heterocycles. The number of fused-ring (bicyclic) bond motifs is 2. The predicted molar refractivity (Wildman–Crippen MR) is 60.1 cm³/mol. The van der Waals surface area contributed by atoms with Crippen molar-refractivity contribution in [3.8, 4) is 5.75 Å². The number of rotatable bonds is 1. The Morgan fingerprint density at radius 1 is 1.05 bits per heavy atom. The molecule has 2 aliphatic rings. The van der Waals surface area contributed by atoms with Crippen LogP contribution in [-0.4, -0.2) is 24.2 Å². The Morgan fingerprint density at radius 3 is 2.29 bits per heavy atom. The first-order chi connectivity index (χ1) is 9.74. The van der Waals surface area contributed by atoms with Gasteiger partial charge in [0.25, 0.3) is 11.8 Å². The SMILES string of the molecule is O=C1NC(=O)C2(N1)C(=O)Nc1c(OC(F)(F)F)cccc12. The zero-order valence-corrected chi connectivity index (χ0v) is 10.00. The minimum atomic E-state index is -4.96. The summed E-state index contributed by atoms with van der Waals surface area (Å²) < 4.78 is 40.8. The molecule has 1 atom stereocenters. The fourth-order valence-corrected chi connectivity index (χ4v) is 2.32. The Balaban J connectivity index is 2.14. The molecule has 21 heavy (non-hydrogen) atoms. The van der Waals surface area contributed by atoms with E-state index in [0.717, 1.165) is 6.07 Å². The molecule has 0 aliphatic carbocycles. The number of ether oxygens (including phenoxy) is 1. The van der Waals surface area contributed by atoms with Crippen LogP contribution in [0.2, 0.25) is 0 Å². The van der Waals surface area contributed by atoms with E-state index in [1.54, 1.807) is 0 Å². The molecular formula is C11H6F3N3O4. The number of nitrogens with one attached hydrogen (secondary N) is 3. The van der Waals surface area contributed by atoms with Crippen LogP contribution in [0.3, 0.4) is 0 Å². The van der Waals surface area contributed by atoms with Crippen molar-refractivity contribution in [1.29, 1.82) is 0 Å². The summed E-state index contributed by atoms with van der Waals surface area (Å²) in [6, 6.07) is 2.51. The maximum Gasteiger partial charge on any atom is 0.573 e. The van der Waals surface area contributed by atoms with E-state index in [1.165, 1.54) is 12.1 Å². The van der Waals surface area contributed by atoms with E-state index in [9.17, 15) is 27.6 Å². The number of alkyl halides is 3. The van der Waals surface area contributed by atoms with Gasteiger partial charge in [0, 0.05) is 5.56 Å². The summed E-state index contributed by atoms with van der Waals surface area (Å²) in [6.07, 6.45) is -4.96. The Labute approximate surface area is 114 Å². The number of carbonyl (C=O) groups is 3. The van der Waals surface area contributed by atoms with Crippen LogP contribution in [0.25, 0.3) is 0 Å². The summed E-state index contributed by atoms with van der Waals surface area (Å²) in [7, 11) is 0. The van der Waals surface area contributed by atoms with E-state index in [-0.39, 0.29) is 11.3 Å². The molecule has 1 unspecified atom stereocenters. The predicted octanol–water partition coefficient (Wildman–Crippen LogP) is 0.572. The highest BCUT2D eigenvalue weighted by Crippen LogP contribution is 2.44. The minimum absolute atomic E-state index is 0.113. The molecule has 7 nitrogen and oxygen atoms in total. The van der Waals surface area contributed by atoms with Gasteiger partial charge in [-0.25, -0.2) is 4.79 Å². The molecule has 3 rings (SSSR count). The lowest BCUT2D eigenvalue weighted by Crippen LogP contribution is -2.49. The summed E-state index contributed by atoms with van der Waals surface area (Å²) in [5.74, 6) is -2.59. The van der Waals surface area contributed by atoms with Crippen LogP contribution in [0.4, 0.5) is 23.7 Å². The third-order valence-electron chi connectivity index (χ3n) is 3.10. The first-order valence-electron chi connectivity index (χ1n) is 5.58. The first kappa shape index (κ1) is 13.2. The lowest BCUT2D eigenvalue weighted by molar-refractivity contribution is -0.274. The van der Waals surface area contributed by atoms with Crippen molar-refractivity contribution in [3.05, 3.63) is 23.8 Å². The summed E-state index contributed by atoms with van der Waals surface area (Å²) >= 11 is 0. The molecule has 4 amide bonds. The molecule has 0 bridgehead atoms. The molecular weight excluding hydrogens is 295 g/mol. The molecule has 0 saturated carbocycles. The zero-order valence-electron chi connectivity index (χ0n) is 10.00. The van der Waals surface area contributed by atoms with Crippen LogP contribution in [0.1, 0.15) is 5.56 Å². The Bertz CT molecular complexity index is 688.